The second kappa shape index (κ2) is 6.69. The molecule has 0 aliphatic rings. The quantitative estimate of drug-likeness (QED) is 0.814. The first-order valence-corrected chi connectivity index (χ1v) is 7.12. The summed E-state index contributed by atoms with van der Waals surface area (Å²) in [7, 11) is 0. The molecule has 2 rings (SSSR count). The normalized spacial score (nSPS) is 10.2. The van der Waals surface area contributed by atoms with Crippen LogP contribution >= 0.6 is 27.5 Å². The first kappa shape index (κ1) is 15.5. The summed E-state index contributed by atoms with van der Waals surface area (Å²) in [5.74, 6) is -0.768. The number of nitrogens with zero attached hydrogens (tertiary/aromatic N) is 1. The van der Waals surface area contributed by atoms with Gasteiger partial charge in [0.25, 0.3) is 5.91 Å². The van der Waals surface area contributed by atoms with Gasteiger partial charge in [-0.3, -0.25) is 9.59 Å². The summed E-state index contributed by atoms with van der Waals surface area (Å²) in [6.45, 7) is 0. The van der Waals surface area contributed by atoms with Crippen molar-refractivity contribution in [1.29, 1.82) is 0 Å². The van der Waals surface area contributed by atoms with E-state index in [2.05, 4.69) is 26.2 Å². The monoisotopic (exact) mass is 367 g/mol. The van der Waals surface area contributed by atoms with E-state index in [1.54, 1.807) is 30.3 Å². The highest BCUT2D eigenvalue weighted by Crippen LogP contribution is 2.19. The average Bonchev–Trinajstić information content (AvgIpc) is 2.43. The van der Waals surface area contributed by atoms with Crippen molar-refractivity contribution < 1.29 is 9.59 Å². The Morgan fingerprint density at radius 2 is 1.95 bits per heavy atom. The predicted octanol–water partition coefficient (Wildman–Crippen LogP) is 2.78. The van der Waals surface area contributed by atoms with Crippen molar-refractivity contribution >= 4 is 45.0 Å². The first-order valence-electron chi connectivity index (χ1n) is 5.95. The smallest absolute Gasteiger partial charge is 0.258 e. The highest BCUT2D eigenvalue weighted by Gasteiger charge is 2.12. The summed E-state index contributed by atoms with van der Waals surface area (Å²) >= 11 is 9.13. The molecule has 3 N–H and O–H groups in total. The Morgan fingerprint density at radius 1 is 1.29 bits per heavy atom. The SMILES string of the molecule is NC(=O)Cc1ccc(NC(=O)c2cc(Br)cnc2Cl)cc1. The zero-order valence-corrected chi connectivity index (χ0v) is 13.1. The largest absolute Gasteiger partial charge is 0.369 e. The zero-order chi connectivity index (χ0) is 15.4. The molecule has 0 aliphatic carbocycles. The van der Waals surface area contributed by atoms with Gasteiger partial charge in [0.1, 0.15) is 5.15 Å². The van der Waals surface area contributed by atoms with Crippen molar-refractivity contribution in [3.8, 4) is 0 Å². The minimum absolute atomic E-state index is 0.126. The molecule has 2 aromatic rings. The number of aromatic nitrogens is 1. The van der Waals surface area contributed by atoms with Gasteiger partial charge in [-0.1, -0.05) is 23.7 Å². The molecule has 0 unspecified atom stereocenters. The number of nitrogens with two attached hydrogens (primary N) is 1. The zero-order valence-electron chi connectivity index (χ0n) is 10.8. The van der Waals surface area contributed by atoms with Gasteiger partial charge in [-0.15, -0.1) is 0 Å². The number of hydrogen-bond acceptors (Lipinski definition) is 3. The Bertz CT molecular complexity index is 689. The van der Waals surface area contributed by atoms with Crippen molar-refractivity contribution in [2.75, 3.05) is 5.32 Å². The molecule has 0 bridgehead atoms. The summed E-state index contributed by atoms with van der Waals surface area (Å²) in [4.78, 5) is 26.8. The molecule has 1 heterocycles. The highest BCUT2D eigenvalue weighted by molar-refractivity contribution is 9.10. The highest BCUT2D eigenvalue weighted by atomic mass is 79.9. The van der Waals surface area contributed by atoms with E-state index >= 15 is 0 Å². The maximum absolute atomic E-state index is 12.1. The molecule has 0 fully saturated rings. The van der Waals surface area contributed by atoms with E-state index in [9.17, 15) is 9.59 Å². The van der Waals surface area contributed by atoms with Crippen molar-refractivity contribution in [1.82, 2.24) is 4.98 Å². The predicted molar refractivity (Wildman–Crippen MR) is 84.2 cm³/mol. The van der Waals surface area contributed by atoms with E-state index < -0.39 is 5.91 Å². The molecule has 21 heavy (non-hydrogen) atoms. The summed E-state index contributed by atoms with van der Waals surface area (Å²) < 4.78 is 0.661. The van der Waals surface area contributed by atoms with Gasteiger partial charge in [-0.2, -0.15) is 0 Å². The van der Waals surface area contributed by atoms with E-state index in [1.165, 1.54) is 6.20 Å². The van der Waals surface area contributed by atoms with Crippen LogP contribution in [0.4, 0.5) is 5.69 Å². The van der Waals surface area contributed by atoms with Gasteiger partial charge in [-0.25, -0.2) is 4.98 Å². The Hall–Kier alpha value is -1.92. The molecule has 0 saturated carbocycles. The lowest BCUT2D eigenvalue weighted by molar-refractivity contribution is -0.117. The molecule has 0 radical (unpaired) electrons. The maximum atomic E-state index is 12.1. The number of hydrogen-bond donors (Lipinski definition) is 2. The van der Waals surface area contributed by atoms with Crippen LogP contribution in [0.25, 0.3) is 0 Å². The van der Waals surface area contributed by atoms with Gasteiger partial charge in [0, 0.05) is 16.4 Å². The third-order valence-corrected chi connectivity index (χ3v) is 3.38. The number of nitrogens with one attached hydrogen (secondary N) is 1. The molecule has 1 aromatic heterocycles. The topological polar surface area (TPSA) is 85.1 Å². The van der Waals surface area contributed by atoms with Gasteiger partial charge in [-0.05, 0) is 39.7 Å². The lowest BCUT2D eigenvalue weighted by Crippen LogP contribution is -2.14. The van der Waals surface area contributed by atoms with Crippen LogP contribution < -0.4 is 11.1 Å². The molecular formula is C14H11BrClN3O2. The summed E-state index contributed by atoms with van der Waals surface area (Å²) in [6, 6.07) is 8.42. The number of rotatable bonds is 4. The van der Waals surface area contributed by atoms with Crippen LogP contribution in [0.1, 0.15) is 15.9 Å². The number of halogens is 2. The molecule has 0 saturated heterocycles. The summed E-state index contributed by atoms with van der Waals surface area (Å²) in [6.07, 6.45) is 1.67. The van der Waals surface area contributed by atoms with Crippen LogP contribution in [0, 0.1) is 0 Å². The van der Waals surface area contributed by atoms with Gasteiger partial charge in [0.2, 0.25) is 5.91 Å². The second-order valence-electron chi connectivity index (χ2n) is 4.29. The summed E-state index contributed by atoms with van der Waals surface area (Å²) in [5, 5.41) is 2.83. The minimum atomic E-state index is -0.404. The number of primary amides is 1. The Labute approximate surface area is 134 Å². The standard InChI is InChI=1S/C14H11BrClN3O2/c15-9-6-11(13(16)18-7-9)14(21)19-10-3-1-8(2-4-10)5-12(17)20/h1-4,6-7H,5H2,(H2,17,20)(H,19,21). The van der Waals surface area contributed by atoms with Crippen LogP contribution in [0.2, 0.25) is 5.15 Å². The lowest BCUT2D eigenvalue weighted by Gasteiger charge is -2.07. The first-order chi connectivity index (χ1) is 9.95. The number of benzene rings is 1. The van der Waals surface area contributed by atoms with E-state index in [-0.39, 0.29) is 23.0 Å². The van der Waals surface area contributed by atoms with Crippen LogP contribution in [0.3, 0.4) is 0 Å². The molecule has 5 nitrogen and oxygen atoms in total. The van der Waals surface area contributed by atoms with E-state index in [4.69, 9.17) is 17.3 Å². The fraction of sp³-hybridized carbons (Fsp3) is 0.0714. The summed E-state index contributed by atoms with van der Waals surface area (Å²) in [5.41, 5.74) is 6.75. The molecule has 7 heteroatoms. The van der Waals surface area contributed by atoms with Crippen LogP contribution in [0.15, 0.2) is 41.0 Å². The molecule has 2 amide bonds. The van der Waals surface area contributed by atoms with E-state index in [0.717, 1.165) is 5.56 Å². The third kappa shape index (κ3) is 4.27. The second-order valence-corrected chi connectivity index (χ2v) is 5.56. The number of anilines is 1. The van der Waals surface area contributed by atoms with Crippen molar-refractivity contribution in [3.05, 3.63) is 57.3 Å². The fourth-order valence-corrected chi connectivity index (χ4v) is 2.21. The molecule has 108 valence electrons. The number of carbonyl (C=O) groups is 2. The molecular weight excluding hydrogens is 358 g/mol. The number of amides is 2. The Balaban J connectivity index is 2.12. The van der Waals surface area contributed by atoms with Gasteiger partial charge >= 0.3 is 0 Å². The van der Waals surface area contributed by atoms with Crippen LogP contribution in [-0.2, 0) is 11.2 Å². The van der Waals surface area contributed by atoms with Crippen molar-refractivity contribution in [2.24, 2.45) is 5.73 Å². The van der Waals surface area contributed by atoms with Crippen LogP contribution in [0.5, 0.6) is 0 Å². The lowest BCUT2D eigenvalue weighted by atomic mass is 10.1. The van der Waals surface area contributed by atoms with Gasteiger partial charge in [0.15, 0.2) is 0 Å². The van der Waals surface area contributed by atoms with Crippen LogP contribution in [-0.4, -0.2) is 16.8 Å². The number of pyridine rings is 1. The third-order valence-electron chi connectivity index (χ3n) is 2.64. The maximum Gasteiger partial charge on any atom is 0.258 e. The minimum Gasteiger partial charge on any atom is -0.369 e. The molecule has 0 aliphatic heterocycles. The molecule has 0 atom stereocenters. The van der Waals surface area contributed by atoms with Crippen molar-refractivity contribution in [3.63, 3.8) is 0 Å². The van der Waals surface area contributed by atoms with E-state index in [1.807, 2.05) is 0 Å². The van der Waals surface area contributed by atoms with Gasteiger partial charge in [0.05, 0.1) is 12.0 Å². The Kier molecular flexibility index (Phi) is 4.93. The fourth-order valence-electron chi connectivity index (χ4n) is 1.69. The molecule has 0 spiro atoms. The Morgan fingerprint density at radius 3 is 2.57 bits per heavy atom. The van der Waals surface area contributed by atoms with E-state index in [0.29, 0.717) is 10.2 Å². The van der Waals surface area contributed by atoms with Crippen molar-refractivity contribution in [2.45, 2.75) is 6.42 Å². The average molecular weight is 369 g/mol. The molecule has 1 aromatic carbocycles. The number of carbonyl (C=O) groups excluding carboxylic acids is 2. The van der Waals surface area contributed by atoms with Gasteiger partial charge < -0.3 is 11.1 Å².